The number of ketones is 1. The molecule has 35 heavy (non-hydrogen) atoms. The first kappa shape index (κ1) is 21.8. The second-order valence-corrected chi connectivity index (χ2v) is 9.92. The third kappa shape index (κ3) is 2.90. The second kappa shape index (κ2) is 7.64. The van der Waals surface area contributed by atoms with Crippen molar-refractivity contribution in [2.75, 3.05) is 14.2 Å². The Labute approximate surface area is 204 Å². The van der Waals surface area contributed by atoms with Gasteiger partial charge in [0.05, 0.1) is 26.1 Å². The molecule has 0 radical (unpaired) electrons. The molecule has 3 aromatic rings. The summed E-state index contributed by atoms with van der Waals surface area (Å²) in [5, 5.41) is 0. The van der Waals surface area contributed by atoms with Gasteiger partial charge in [0, 0.05) is 23.0 Å². The van der Waals surface area contributed by atoms with Crippen molar-refractivity contribution in [3.63, 3.8) is 0 Å². The van der Waals surface area contributed by atoms with Crippen LogP contribution in [0.25, 0.3) is 0 Å². The van der Waals surface area contributed by atoms with Crippen molar-refractivity contribution < 1.29 is 23.9 Å². The average Bonchev–Trinajstić information content (AvgIpc) is 2.87. The van der Waals surface area contributed by atoms with Gasteiger partial charge in [0.25, 0.3) is 0 Å². The fourth-order valence-electron chi connectivity index (χ4n) is 6.60. The zero-order valence-corrected chi connectivity index (χ0v) is 20.2. The lowest BCUT2D eigenvalue weighted by Crippen LogP contribution is -2.48. The quantitative estimate of drug-likeness (QED) is 0.404. The molecule has 0 aliphatic heterocycles. The molecule has 0 unspecified atom stereocenters. The van der Waals surface area contributed by atoms with Crippen LogP contribution in [0.4, 0.5) is 0 Å². The van der Waals surface area contributed by atoms with Crippen LogP contribution in [0.5, 0.6) is 0 Å². The lowest BCUT2D eigenvalue weighted by molar-refractivity contribution is -0.160. The first-order chi connectivity index (χ1) is 16.8. The summed E-state index contributed by atoms with van der Waals surface area (Å²) in [6.07, 6.45) is 0.660. The van der Waals surface area contributed by atoms with E-state index >= 15 is 0 Å². The SMILES string of the molecule is COC(=O)[C@H]1[C@@H]2c3ccccc3[C@@H](c3cc4c(cc32)Cc2cc(C)c(C)cc2C4=O)[C@@H]1C(=O)OC. The summed E-state index contributed by atoms with van der Waals surface area (Å²) in [5.74, 6) is -2.97. The van der Waals surface area contributed by atoms with Crippen molar-refractivity contribution >= 4 is 17.7 Å². The number of rotatable bonds is 2. The van der Waals surface area contributed by atoms with Crippen molar-refractivity contribution in [1.29, 1.82) is 0 Å². The number of aryl methyl sites for hydroxylation is 2. The van der Waals surface area contributed by atoms with Gasteiger partial charge in [-0.15, -0.1) is 0 Å². The van der Waals surface area contributed by atoms with E-state index < -0.39 is 23.8 Å². The first-order valence-electron chi connectivity index (χ1n) is 11.9. The normalized spacial score (nSPS) is 23.0. The number of carbonyl (C=O) groups is 3. The molecular weight excluding hydrogens is 440 g/mol. The second-order valence-electron chi connectivity index (χ2n) is 9.92. The van der Waals surface area contributed by atoms with E-state index in [-0.39, 0.29) is 17.6 Å². The molecule has 5 heteroatoms. The van der Waals surface area contributed by atoms with Gasteiger partial charge in [0.15, 0.2) is 5.78 Å². The van der Waals surface area contributed by atoms with Gasteiger partial charge in [-0.25, -0.2) is 0 Å². The molecule has 5 nitrogen and oxygen atoms in total. The molecule has 3 aromatic carbocycles. The molecule has 176 valence electrons. The van der Waals surface area contributed by atoms with E-state index in [0.29, 0.717) is 12.0 Å². The number of methoxy groups -OCH3 is 2. The number of hydrogen-bond acceptors (Lipinski definition) is 5. The third-order valence-electron chi connectivity index (χ3n) is 8.29. The minimum absolute atomic E-state index is 0.0148. The van der Waals surface area contributed by atoms with Gasteiger partial charge in [-0.3, -0.25) is 14.4 Å². The average molecular weight is 467 g/mol. The predicted molar refractivity (Wildman–Crippen MR) is 130 cm³/mol. The molecule has 2 bridgehead atoms. The molecule has 4 aliphatic rings. The summed E-state index contributed by atoms with van der Waals surface area (Å²) in [6, 6.07) is 16.1. The summed E-state index contributed by atoms with van der Waals surface area (Å²) in [5.41, 5.74) is 9.67. The summed E-state index contributed by atoms with van der Waals surface area (Å²) in [4.78, 5) is 39.8. The number of esters is 2. The zero-order valence-electron chi connectivity index (χ0n) is 20.2. The number of benzene rings is 3. The standard InChI is InChI=1S/C30H26O5/c1-14-9-16-11-17-12-22-23(13-21(17)28(31)20(16)10-15(14)2)25-19-8-6-5-7-18(19)24(22)26(29(32)34-3)27(25)30(33)35-4/h5-10,12-13,24-27H,11H2,1-4H3/t24-,25+,26+,27+/m1/s1. The molecule has 0 fully saturated rings. The molecule has 0 heterocycles. The molecular formula is C30H26O5. The molecule has 7 rings (SSSR count). The summed E-state index contributed by atoms with van der Waals surface area (Å²) in [6.45, 7) is 4.08. The highest BCUT2D eigenvalue weighted by Crippen LogP contribution is 2.59. The summed E-state index contributed by atoms with van der Waals surface area (Å²) < 4.78 is 10.4. The van der Waals surface area contributed by atoms with E-state index in [1.165, 1.54) is 14.2 Å². The van der Waals surface area contributed by atoms with Crippen LogP contribution in [-0.4, -0.2) is 31.9 Å². The lowest BCUT2D eigenvalue weighted by Gasteiger charge is -2.48. The monoisotopic (exact) mass is 466 g/mol. The van der Waals surface area contributed by atoms with Gasteiger partial charge in [0.1, 0.15) is 0 Å². The first-order valence-corrected chi connectivity index (χ1v) is 11.9. The maximum atomic E-state index is 13.6. The molecule has 4 atom stereocenters. The maximum Gasteiger partial charge on any atom is 0.310 e. The van der Waals surface area contributed by atoms with E-state index in [1.54, 1.807) is 0 Å². The maximum absolute atomic E-state index is 13.6. The molecule has 0 amide bonds. The Bertz CT molecular complexity index is 1450. The smallest absolute Gasteiger partial charge is 0.310 e. The van der Waals surface area contributed by atoms with E-state index in [2.05, 4.69) is 19.1 Å². The predicted octanol–water partition coefficient (Wildman–Crippen LogP) is 4.61. The van der Waals surface area contributed by atoms with Crippen LogP contribution in [0.2, 0.25) is 0 Å². The highest BCUT2D eigenvalue weighted by atomic mass is 16.5. The van der Waals surface area contributed by atoms with Crippen LogP contribution in [0.3, 0.4) is 0 Å². The number of carbonyl (C=O) groups excluding carboxylic acids is 3. The Hall–Kier alpha value is -3.73. The highest BCUT2D eigenvalue weighted by molar-refractivity contribution is 6.12. The molecule has 4 aliphatic carbocycles. The Morgan fingerprint density at radius 2 is 1.20 bits per heavy atom. The van der Waals surface area contributed by atoms with Crippen LogP contribution in [-0.2, 0) is 25.5 Å². The minimum Gasteiger partial charge on any atom is -0.469 e. The fourth-order valence-corrected chi connectivity index (χ4v) is 6.60. The fraction of sp³-hybridized carbons (Fsp3) is 0.300. The Morgan fingerprint density at radius 1 is 0.714 bits per heavy atom. The van der Waals surface area contributed by atoms with Crippen LogP contribution in [0, 0.1) is 25.7 Å². The van der Waals surface area contributed by atoms with Crippen molar-refractivity contribution in [2.24, 2.45) is 11.8 Å². The van der Waals surface area contributed by atoms with Crippen LogP contribution >= 0.6 is 0 Å². The molecule has 0 saturated heterocycles. The van der Waals surface area contributed by atoms with E-state index in [0.717, 1.165) is 50.1 Å². The van der Waals surface area contributed by atoms with Gasteiger partial charge in [-0.1, -0.05) is 36.4 Å². The molecule has 0 aromatic heterocycles. The lowest BCUT2D eigenvalue weighted by atomic mass is 9.53. The Balaban J connectivity index is 1.60. The van der Waals surface area contributed by atoms with Gasteiger partial charge < -0.3 is 9.47 Å². The topological polar surface area (TPSA) is 69.7 Å². The Kier molecular flexibility index (Phi) is 4.75. The van der Waals surface area contributed by atoms with Crippen LogP contribution in [0.15, 0.2) is 48.5 Å². The van der Waals surface area contributed by atoms with E-state index in [4.69, 9.17) is 9.47 Å². The molecule has 0 spiro atoms. The molecule has 0 saturated carbocycles. The minimum atomic E-state index is -0.714. The van der Waals surface area contributed by atoms with Crippen molar-refractivity contribution in [1.82, 2.24) is 0 Å². The Morgan fingerprint density at radius 3 is 1.77 bits per heavy atom. The number of ether oxygens (including phenoxy) is 2. The van der Waals surface area contributed by atoms with Gasteiger partial charge >= 0.3 is 11.9 Å². The van der Waals surface area contributed by atoms with Crippen molar-refractivity contribution in [2.45, 2.75) is 32.1 Å². The van der Waals surface area contributed by atoms with E-state index in [9.17, 15) is 14.4 Å². The molecule has 0 N–H and O–H groups in total. The van der Waals surface area contributed by atoms with Gasteiger partial charge in [-0.05, 0) is 76.9 Å². The third-order valence-corrected chi connectivity index (χ3v) is 8.29. The number of hydrogen-bond donors (Lipinski definition) is 0. The van der Waals surface area contributed by atoms with Crippen molar-refractivity contribution in [3.05, 3.63) is 104 Å². The van der Waals surface area contributed by atoms with E-state index in [1.807, 2.05) is 43.3 Å². The van der Waals surface area contributed by atoms with Gasteiger partial charge in [-0.2, -0.15) is 0 Å². The highest BCUT2D eigenvalue weighted by Gasteiger charge is 2.56. The van der Waals surface area contributed by atoms with Crippen molar-refractivity contribution in [3.8, 4) is 0 Å². The van der Waals surface area contributed by atoms with Crippen LogP contribution < -0.4 is 0 Å². The van der Waals surface area contributed by atoms with Crippen LogP contribution in [0.1, 0.15) is 72.3 Å². The van der Waals surface area contributed by atoms with Gasteiger partial charge in [0.2, 0.25) is 0 Å². The number of fused-ring (bicyclic) bond motifs is 3. The largest absolute Gasteiger partial charge is 0.469 e. The summed E-state index contributed by atoms with van der Waals surface area (Å²) >= 11 is 0. The zero-order chi connectivity index (χ0) is 24.6. The summed E-state index contributed by atoms with van der Waals surface area (Å²) in [7, 11) is 2.71.